The summed E-state index contributed by atoms with van der Waals surface area (Å²) >= 11 is 0. The molecule has 0 saturated heterocycles. The number of aryl methyl sites for hydroxylation is 1. The van der Waals surface area contributed by atoms with E-state index >= 15 is 0 Å². The standard InChI is InChI=1S/C19H20O4/c1-3-23-18(21)19(22,16-7-5-4-6-8-16)13-17(20)15-11-9-14(2)10-12-15/h4-12,22H,3,13H2,1-2H3. The van der Waals surface area contributed by atoms with Crippen LogP contribution < -0.4 is 0 Å². The van der Waals surface area contributed by atoms with Gasteiger partial charge in [-0.1, -0.05) is 60.2 Å². The molecular weight excluding hydrogens is 292 g/mol. The fourth-order valence-corrected chi connectivity index (χ4v) is 2.33. The maximum Gasteiger partial charge on any atom is 0.343 e. The molecule has 1 unspecified atom stereocenters. The van der Waals surface area contributed by atoms with Gasteiger partial charge in [0.25, 0.3) is 0 Å². The van der Waals surface area contributed by atoms with Gasteiger partial charge in [-0.15, -0.1) is 0 Å². The van der Waals surface area contributed by atoms with Crippen molar-refractivity contribution < 1.29 is 19.4 Å². The van der Waals surface area contributed by atoms with E-state index in [-0.39, 0.29) is 18.8 Å². The summed E-state index contributed by atoms with van der Waals surface area (Å²) in [5.74, 6) is -1.13. The molecule has 0 heterocycles. The minimum atomic E-state index is -1.99. The van der Waals surface area contributed by atoms with Crippen molar-refractivity contribution >= 4 is 11.8 Å². The molecule has 2 rings (SSSR count). The van der Waals surface area contributed by atoms with E-state index in [0.29, 0.717) is 11.1 Å². The van der Waals surface area contributed by atoms with Gasteiger partial charge in [-0.25, -0.2) is 4.79 Å². The Balaban J connectivity index is 2.33. The van der Waals surface area contributed by atoms with E-state index in [0.717, 1.165) is 5.56 Å². The van der Waals surface area contributed by atoms with Crippen molar-refractivity contribution in [3.05, 3.63) is 71.3 Å². The van der Waals surface area contributed by atoms with Crippen LogP contribution >= 0.6 is 0 Å². The number of hydrogen-bond donors (Lipinski definition) is 1. The van der Waals surface area contributed by atoms with Crippen LogP contribution in [0.15, 0.2) is 54.6 Å². The van der Waals surface area contributed by atoms with E-state index in [9.17, 15) is 14.7 Å². The molecule has 2 aromatic rings. The summed E-state index contributed by atoms with van der Waals surface area (Å²) < 4.78 is 4.98. The van der Waals surface area contributed by atoms with Gasteiger partial charge >= 0.3 is 5.97 Å². The molecule has 1 atom stereocenters. The molecule has 1 N–H and O–H groups in total. The first-order chi connectivity index (χ1) is 11.0. The molecule has 0 bridgehead atoms. The molecule has 0 aliphatic carbocycles. The van der Waals surface area contributed by atoms with Crippen molar-refractivity contribution in [2.75, 3.05) is 6.61 Å². The molecule has 120 valence electrons. The normalized spacial score (nSPS) is 13.2. The van der Waals surface area contributed by atoms with Gasteiger partial charge in [0, 0.05) is 5.56 Å². The van der Waals surface area contributed by atoms with Gasteiger partial charge in [-0.05, 0) is 19.4 Å². The summed E-state index contributed by atoms with van der Waals surface area (Å²) in [7, 11) is 0. The lowest BCUT2D eigenvalue weighted by Gasteiger charge is -2.25. The SMILES string of the molecule is CCOC(=O)C(O)(CC(=O)c1ccc(C)cc1)c1ccccc1. The van der Waals surface area contributed by atoms with E-state index < -0.39 is 11.6 Å². The Bertz CT molecular complexity index is 676. The molecule has 0 amide bonds. The van der Waals surface area contributed by atoms with Crippen molar-refractivity contribution in [2.45, 2.75) is 25.9 Å². The van der Waals surface area contributed by atoms with Crippen LogP contribution in [0.5, 0.6) is 0 Å². The van der Waals surface area contributed by atoms with E-state index in [1.807, 2.05) is 19.1 Å². The number of Topliss-reactive ketones (excluding diaryl/α,β-unsaturated/α-hetero) is 1. The number of hydrogen-bond acceptors (Lipinski definition) is 4. The van der Waals surface area contributed by atoms with E-state index in [2.05, 4.69) is 0 Å². The predicted octanol–water partition coefficient (Wildman–Crippen LogP) is 3.02. The highest BCUT2D eigenvalue weighted by molar-refractivity contribution is 6.00. The highest BCUT2D eigenvalue weighted by Gasteiger charge is 2.41. The number of aliphatic hydroxyl groups is 1. The van der Waals surface area contributed by atoms with Crippen molar-refractivity contribution in [3.63, 3.8) is 0 Å². The summed E-state index contributed by atoms with van der Waals surface area (Å²) in [4.78, 5) is 24.7. The highest BCUT2D eigenvalue weighted by Crippen LogP contribution is 2.28. The fourth-order valence-electron chi connectivity index (χ4n) is 2.33. The van der Waals surface area contributed by atoms with Crippen molar-refractivity contribution in [1.82, 2.24) is 0 Å². The Labute approximate surface area is 135 Å². The van der Waals surface area contributed by atoms with Crippen LogP contribution in [0.1, 0.15) is 34.8 Å². The maximum atomic E-state index is 12.5. The lowest BCUT2D eigenvalue weighted by molar-refractivity contribution is -0.166. The predicted molar refractivity (Wildman–Crippen MR) is 87.1 cm³/mol. The molecule has 0 spiro atoms. The Kier molecular flexibility index (Phi) is 5.29. The molecule has 4 nitrogen and oxygen atoms in total. The summed E-state index contributed by atoms with van der Waals surface area (Å²) in [6, 6.07) is 15.4. The zero-order valence-electron chi connectivity index (χ0n) is 13.3. The van der Waals surface area contributed by atoms with Gasteiger partial charge in [0.2, 0.25) is 0 Å². The summed E-state index contributed by atoms with van der Waals surface area (Å²) in [6.45, 7) is 3.71. The van der Waals surface area contributed by atoms with Crippen LogP contribution in [0.25, 0.3) is 0 Å². The molecule has 4 heteroatoms. The molecule has 23 heavy (non-hydrogen) atoms. The lowest BCUT2D eigenvalue weighted by Crippen LogP contribution is -2.39. The van der Waals surface area contributed by atoms with Crippen LogP contribution in [0.3, 0.4) is 0 Å². The smallest absolute Gasteiger partial charge is 0.343 e. The Hall–Kier alpha value is -2.46. The molecule has 0 aliphatic heterocycles. The second-order valence-electron chi connectivity index (χ2n) is 5.41. The Morgan fingerprint density at radius 2 is 1.65 bits per heavy atom. The van der Waals surface area contributed by atoms with Crippen molar-refractivity contribution in [1.29, 1.82) is 0 Å². The van der Waals surface area contributed by atoms with Crippen LogP contribution in [-0.4, -0.2) is 23.5 Å². The van der Waals surface area contributed by atoms with E-state index in [1.165, 1.54) is 0 Å². The Morgan fingerprint density at radius 3 is 2.22 bits per heavy atom. The number of rotatable bonds is 6. The molecule has 0 fully saturated rings. The molecule has 0 aliphatic rings. The highest BCUT2D eigenvalue weighted by atomic mass is 16.5. The second-order valence-corrected chi connectivity index (χ2v) is 5.41. The molecule has 0 saturated carbocycles. The maximum absolute atomic E-state index is 12.5. The average molecular weight is 312 g/mol. The minimum absolute atomic E-state index is 0.132. The number of ether oxygens (including phenoxy) is 1. The molecule has 0 aromatic heterocycles. The molecular formula is C19H20O4. The summed E-state index contributed by atoms with van der Waals surface area (Å²) in [6.07, 6.45) is -0.362. The van der Waals surface area contributed by atoms with Crippen LogP contribution in [0.2, 0.25) is 0 Å². The lowest BCUT2D eigenvalue weighted by atomic mass is 9.87. The van der Waals surface area contributed by atoms with Gasteiger partial charge in [0.05, 0.1) is 13.0 Å². The van der Waals surface area contributed by atoms with Crippen molar-refractivity contribution in [2.24, 2.45) is 0 Å². The minimum Gasteiger partial charge on any atom is -0.464 e. The Morgan fingerprint density at radius 1 is 1.04 bits per heavy atom. The van der Waals surface area contributed by atoms with Gasteiger partial charge < -0.3 is 9.84 Å². The summed E-state index contributed by atoms with van der Waals surface area (Å²) in [5, 5.41) is 10.9. The first-order valence-corrected chi connectivity index (χ1v) is 7.52. The van der Waals surface area contributed by atoms with Crippen LogP contribution in [-0.2, 0) is 15.1 Å². The molecule has 0 radical (unpaired) electrons. The fraction of sp³-hybridized carbons (Fsp3) is 0.263. The van der Waals surface area contributed by atoms with Gasteiger partial charge in [-0.2, -0.15) is 0 Å². The number of carbonyl (C=O) groups is 2. The second kappa shape index (κ2) is 7.20. The first-order valence-electron chi connectivity index (χ1n) is 7.52. The van der Waals surface area contributed by atoms with Crippen molar-refractivity contribution in [3.8, 4) is 0 Å². The zero-order valence-corrected chi connectivity index (χ0v) is 13.3. The summed E-state index contributed by atoms with van der Waals surface area (Å²) in [5.41, 5.74) is -0.155. The van der Waals surface area contributed by atoms with Gasteiger partial charge in [0.1, 0.15) is 0 Å². The van der Waals surface area contributed by atoms with Gasteiger partial charge in [-0.3, -0.25) is 4.79 Å². The largest absolute Gasteiger partial charge is 0.464 e. The van der Waals surface area contributed by atoms with E-state index in [4.69, 9.17) is 4.74 Å². The number of esters is 1. The monoisotopic (exact) mass is 312 g/mol. The average Bonchev–Trinajstić information content (AvgIpc) is 2.56. The third-order valence-corrected chi connectivity index (χ3v) is 3.65. The van der Waals surface area contributed by atoms with E-state index in [1.54, 1.807) is 49.4 Å². The quantitative estimate of drug-likeness (QED) is 0.658. The van der Waals surface area contributed by atoms with Crippen LogP contribution in [0.4, 0.5) is 0 Å². The van der Waals surface area contributed by atoms with Gasteiger partial charge in [0.15, 0.2) is 11.4 Å². The topological polar surface area (TPSA) is 63.6 Å². The number of benzene rings is 2. The third-order valence-electron chi connectivity index (χ3n) is 3.65. The number of ketones is 1. The zero-order chi connectivity index (χ0) is 16.9. The number of carbonyl (C=O) groups excluding carboxylic acids is 2. The molecule has 2 aromatic carbocycles. The first kappa shape index (κ1) is 16.9. The third kappa shape index (κ3) is 3.85. The van der Waals surface area contributed by atoms with Crippen LogP contribution in [0, 0.1) is 6.92 Å².